The molecule has 0 aliphatic heterocycles. The van der Waals surface area contributed by atoms with E-state index >= 15 is 0 Å². The molecule has 6 aromatic rings. The number of nitrogens with two attached hydrogens (primary N) is 1. The van der Waals surface area contributed by atoms with Gasteiger partial charge in [0.2, 0.25) is 5.91 Å². The highest BCUT2D eigenvalue weighted by molar-refractivity contribution is 6.10. The van der Waals surface area contributed by atoms with Gasteiger partial charge in [-0.3, -0.25) is 4.79 Å². The predicted molar refractivity (Wildman–Crippen MR) is 155 cm³/mol. The molecule has 2 heterocycles. The van der Waals surface area contributed by atoms with Gasteiger partial charge in [-0.2, -0.15) is 0 Å². The molecule has 3 N–H and O–H groups in total. The van der Waals surface area contributed by atoms with Gasteiger partial charge in [0.05, 0.1) is 0 Å². The van der Waals surface area contributed by atoms with E-state index in [1.54, 1.807) is 0 Å². The molecule has 5 nitrogen and oxygen atoms in total. The number of halogens is 1. The summed E-state index contributed by atoms with van der Waals surface area (Å²) in [4.78, 5) is 11.3. The molecule has 0 atom stereocenters. The lowest BCUT2D eigenvalue weighted by atomic mass is 9.99. The fourth-order valence-electron chi connectivity index (χ4n) is 5.09. The molecule has 0 saturated heterocycles. The lowest BCUT2D eigenvalue weighted by Crippen LogP contribution is -2.06. The summed E-state index contributed by atoms with van der Waals surface area (Å²) in [6.07, 6.45) is 3.02. The highest BCUT2D eigenvalue weighted by Gasteiger charge is 2.15. The van der Waals surface area contributed by atoms with Crippen LogP contribution in [0.3, 0.4) is 0 Å². The van der Waals surface area contributed by atoms with Gasteiger partial charge in [-0.15, -0.1) is 12.4 Å². The lowest BCUT2D eigenvalue weighted by molar-refractivity contribution is -0.114. The Morgan fingerprint density at radius 3 is 2.49 bits per heavy atom. The number of carbonyl (C=O) groups excluding carboxylic acids is 1. The SMILES string of the molecule is CC(=O)Nc1ccc(Cn2cc(CCN)c3cc(-c4cccc5c4oc4ccccc45)ccc32)cc1.Cl. The van der Waals surface area contributed by atoms with Crippen molar-refractivity contribution >= 4 is 56.8 Å². The number of anilines is 1. The van der Waals surface area contributed by atoms with Crippen molar-refractivity contribution in [2.75, 3.05) is 11.9 Å². The molecule has 2 aromatic heterocycles. The van der Waals surface area contributed by atoms with Crippen molar-refractivity contribution in [3.63, 3.8) is 0 Å². The second-order valence-corrected chi connectivity index (χ2v) is 9.21. The van der Waals surface area contributed by atoms with Crippen LogP contribution in [0.2, 0.25) is 0 Å². The van der Waals surface area contributed by atoms with Gasteiger partial charge < -0.3 is 20.0 Å². The minimum atomic E-state index is -0.0697. The van der Waals surface area contributed by atoms with Gasteiger partial charge in [0.1, 0.15) is 11.2 Å². The van der Waals surface area contributed by atoms with Crippen molar-refractivity contribution in [1.82, 2.24) is 4.57 Å². The molecule has 0 aliphatic rings. The molecular formula is C31H28ClN3O2. The number of hydrogen-bond donors (Lipinski definition) is 2. The van der Waals surface area contributed by atoms with Gasteiger partial charge in [0.25, 0.3) is 0 Å². The van der Waals surface area contributed by atoms with E-state index in [4.69, 9.17) is 10.2 Å². The summed E-state index contributed by atoms with van der Waals surface area (Å²) in [6, 6.07) is 29.1. The van der Waals surface area contributed by atoms with Crippen molar-refractivity contribution in [1.29, 1.82) is 0 Å². The van der Waals surface area contributed by atoms with Crippen molar-refractivity contribution in [2.24, 2.45) is 5.73 Å². The molecule has 0 radical (unpaired) electrons. The van der Waals surface area contributed by atoms with E-state index in [1.165, 1.54) is 23.4 Å². The molecule has 0 saturated carbocycles. The standard InChI is InChI=1S/C31H27N3O2.ClH/c1-20(35)33-24-12-9-21(10-13-24)18-34-19-23(15-16-32)28-17-22(11-14-29(28)34)25-6-4-7-27-26-5-2-3-8-30(26)36-31(25)27;/h2-14,17,19H,15-16,18,32H2,1H3,(H,33,35);1H. The number of rotatable bonds is 6. The van der Waals surface area contributed by atoms with E-state index < -0.39 is 0 Å². The summed E-state index contributed by atoms with van der Waals surface area (Å²) in [7, 11) is 0. The number of benzene rings is 4. The highest BCUT2D eigenvalue weighted by atomic mass is 35.5. The monoisotopic (exact) mass is 509 g/mol. The smallest absolute Gasteiger partial charge is 0.221 e. The quantitative estimate of drug-likeness (QED) is 0.250. The molecule has 0 unspecified atom stereocenters. The topological polar surface area (TPSA) is 73.2 Å². The van der Waals surface area contributed by atoms with Crippen LogP contribution in [-0.4, -0.2) is 17.0 Å². The Morgan fingerprint density at radius 2 is 1.70 bits per heavy atom. The molecule has 1 amide bonds. The number of furan rings is 1. The third-order valence-electron chi connectivity index (χ3n) is 6.72. The third kappa shape index (κ3) is 4.59. The van der Waals surface area contributed by atoms with Crippen LogP contribution in [0.4, 0.5) is 5.69 Å². The van der Waals surface area contributed by atoms with Gasteiger partial charge in [-0.05, 0) is 60.0 Å². The van der Waals surface area contributed by atoms with Crippen molar-refractivity contribution in [2.45, 2.75) is 19.9 Å². The molecule has 0 aliphatic carbocycles. The molecule has 37 heavy (non-hydrogen) atoms. The minimum Gasteiger partial charge on any atom is -0.455 e. The Kier molecular flexibility index (Phi) is 6.74. The Morgan fingerprint density at radius 1 is 0.919 bits per heavy atom. The first-order chi connectivity index (χ1) is 17.6. The van der Waals surface area contributed by atoms with E-state index in [0.717, 1.165) is 57.3 Å². The first-order valence-electron chi connectivity index (χ1n) is 12.2. The molecule has 186 valence electrons. The maximum absolute atomic E-state index is 11.3. The molecular weight excluding hydrogens is 482 g/mol. The van der Waals surface area contributed by atoms with Crippen LogP contribution in [0.25, 0.3) is 44.0 Å². The minimum absolute atomic E-state index is 0. The van der Waals surface area contributed by atoms with Crippen LogP contribution < -0.4 is 11.1 Å². The molecule has 0 spiro atoms. The Bertz CT molecular complexity index is 1730. The second-order valence-electron chi connectivity index (χ2n) is 9.21. The van der Waals surface area contributed by atoms with E-state index in [9.17, 15) is 4.79 Å². The van der Waals surface area contributed by atoms with Crippen LogP contribution in [-0.2, 0) is 17.8 Å². The van der Waals surface area contributed by atoms with Crippen LogP contribution in [0.1, 0.15) is 18.1 Å². The zero-order valence-corrected chi connectivity index (χ0v) is 21.3. The van der Waals surface area contributed by atoms with Crippen molar-refractivity contribution < 1.29 is 9.21 Å². The number of para-hydroxylation sites is 2. The summed E-state index contributed by atoms with van der Waals surface area (Å²) in [5.41, 5.74) is 14.4. The van der Waals surface area contributed by atoms with Gasteiger partial charge in [0.15, 0.2) is 0 Å². The predicted octanol–water partition coefficient (Wildman–Crippen LogP) is 7.14. The molecule has 6 rings (SSSR count). The third-order valence-corrected chi connectivity index (χ3v) is 6.72. The largest absolute Gasteiger partial charge is 0.455 e. The summed E-state index contributed by atoms with van der Waals surface area (Å²) < 4.78 is 8.57. The normalized spacial score (nSPS) is 11.2. The molecule has 0 bridgehead atoms. The average molecular weight is 510 g/mol. The van der Waals surface area contributed by atoms with Crippen LogP contribution >= 0.6 is 12.4 Å². The average Bonchev–Trinajstić information content (AvgIpc) is 3.43. The van der Waals surface area contributed by atoms with Crippen LogP contribution in [0.15, 0.2) is 95.5 Å². The van der Waals surface area contributed by atoms with Crippen molar-refractivity contribution in [3.8, 4) is 11.1 Å². The Labute approximate surface area is 221 Å². The van der Waals surface area contributed by atoms with Crippen molar-refractivity contribution in [3.05, 3.63) is 102 Å². The highest BCUT2D eigenvalue weighted by Crippen LogP contribution is 2.37. The van der Waals surface area contributed by atoms with E-state index in [2.05, 4.69) is 70.7 Å². The summed E-state index contributed by atoms with van der Waals surface area (Å²) >= 11 is 0. The number of hydrogen-bond acceptors (Lipinski definition) is 3. The number of nitrogens with one attached hydrogen (secondary N) is 1. The maximum Gasteiger partial charge on any atom is 0.221 e. The lowest BCUT2D eigenvalue weighted by Gasteiger charge is -2.09. The zero-order chi connectivity index (χ0) is 24.6. The Hall–Kier alpha value is -4.06. The second kappa shape index (κ2) is 10.1. The fourth-order valence-corrected chi connectivity index (χ4v) is 5.09. The Balaban J connectivity index is 0.00000280. The van der Waals surface area contributed by atoms with Gasteiger partial charge in [0, 0.05) is 52.6 Å². The maximum atomic E-state index is 11.3. The zero-order valence-electron chi connectivity index (χ0n) is 20.5. The van der Waals surface area contributed by atoms with Gasteiger partial charge in [-0.25, -0.2) is 0 Å². The first kappa shape index (κ1) is 24.6. The summed E-state index contributed by atoms with van der Waals surface area (Å²) in [5.74, 6) is -0.0697. The first-order valence-corrected chi connectivity index (χ1v) is 12.2. The number of carbonyl (C=O) groups is 1. The van der Waals surface area contributed by atoms with Crippen LogP contribution in [0, 0.1) is 0 Å². The van der Waals surface area contributed by atoms with Gasteiger partial charge >= 0.3 is 0 Å². The van der Waals surface area contributed by atoms with Gasteiger partial charge in [-0.1, -0.05) is 54.6 Å². The molecule has 0 fully saturated rings. The van der Waals surface area contributed by atoms with E-state index in [1.807, 2.05) is 30.3 Å². The summed E-state index contributed by atoms with van der Waals surface area (Å²) in [6.45, 7) is 2.84. The number of aromatic nitrogens is 1. The number of fused-ring (bicyclic) bond motifs is 4. The van der Waals surface area contributed by atoms with Crippen LogP contribution in [0.5, 0.6) is 0 Å². The number of amides is 1. The van der Waals surface area contributed by atoms with E-state index in [-0.39, 0.29) is 18.3 Å². The summed E-state index contributed by atoms with van der Waals surface area (Å²) in [5, 5.41) is 6.30. The number of nitrogens with zero attached hydrogens (tertiary/aromatic N) is 1. The molecule has 4 aromatic carbocycles. The van der Waals surface area contributed by atoms with E-state index in [0.29, 0.717) is 6.54 Å². The fraction of sp³-hybridized carbons (Fsp3) is 0.129. The molecule has 6 heteroatoms.